The topological polar surface area (TPSA) is 55.6 Å². The van der Waals surface area contributed by atoms with E-state index in [1.165, 1.54) is 16.3 Å². The van der Waals surface area contributed by atoms with Gasteiger partial charge in [-0.1, -0.05) is 12.1 Å². The van der Waals surface area contributed by atoms with Gasteiger partial charge in [0.2, 0.25) is 0 Å². The minimum Gasteiger partial charge on any atom is -0.321 e. The number of hydrogen-bond acceptors (Lipinski definition) is 4. The molecule has 0 saturated carbocycles. The highest BCUT2D eigenvalue weighted by atomic mass is 15.2. The highest BCUT2D eigenvalue weighted by molar-refractivity contribution is 5.81. The van der Waals surface area contributed by atoms with E-state index in [2.05, 4.69) is 38.7 Å². The van der Waals surface area contributed by atoms with E-state index in [0.29, 0.717) is 0 Å². The first-order valence-corrected chi connectivity index (χ1v) is 6.69. The molecule has 1 N–H and O–H groups in total. The maximum atomic E-state index is 4.12. The van der Waals surface area contributed by atoms with E-state index in [1.54, 1.807) is 6.33 Å². The van der Waals surface area contributed by atoms with Crippen LogP contribution in [0.25, 0.3) is 10.8 Å². The van der Waals surface area contributed by atoms with Crippen molar-refractivity contribution in [3.05, 3.63) is 54.4 Å². The maximum absolute atomic E-state index is 4.12. The molecule has 5 nitrogen and oxygen atoms in total. The van der Waals surface area contributed by atoms with Crippen molar-refractivity contribution in [3.63, 3.8) is 0 Å². The fraction of sp³-hybridized carbons (Fsp3) is 0.267. The molecule has 0 saturated heterocycles. The minimum atomic E-state index is 0.857. The van der Waals surface area contributed by atoms with Crippen LogP contribution in [-0.2, 0) is 20.0 Å². The number of aromatic nitrogens is 4. The maximum Gasteiger partial charge on any atom is 0.133 e. The van der Waals surface area contributed by atoms with Crippen LogP contribution in [0.2, 0.25) is 0 Å². The van der Waals surface area contributed by atoms with E-state index in [4.69, 9.17) is 0 Å². The van der Waals surface area contributed by atoms with Crippen LogP contribution < -0.4 is 5.32 Å². The molecule has 1 aromatic carbocycles. The Morgan fingerprint density at radius 1 is 1.20 bits per heavy atom. The third-order valence-corrected chi connectivity index (χ3v) is 3.36. The Morgan fingerprint density at radius 3 is 3.00 bits per heavy atom. The van der Waals surface area contributed by atoms with Gasteiger partial charge in [-0.25, -0.2) is 0 Å². The lowest BCUT2D eigenvalue weighted by atomic mass is 10.1. The Morgan fingerprint density at radius 2 is 2.15 bits per heavy atom. The molecule has 0 radical (unpaired) electrons. The van der Waals surface area contributed by atoms with Crippen molar-refractivity contribution in [1.82, 2.24) is 25.1 Å². The summed E-state index contributed by atoms with van der Waals surface area (Å²) in [7, 11) is 1.96. The number of benzene rings is 1. The summed E-state index contributed by atoms with van der Waals surface area (Å²) in [6, 6.07) is 8.49. The molecule has 0 aliphatic carbocycles. The second-order valence-electron chi connectivity index (χ2n) is 4.84. The predicted molar refractivity (Wildman–Crippen MR) is 78.2 cm³/mol. The Kier molecular flexibility index (Phi) is 3.69. The van der Waals surface area contributed by atoms with E-state index in [1.807, 2.05) is 30.1 Å². The monoisotopic (exact) mass is 267 g/mol. The van der Waals surface area contributed by atoms with Crippen LogP contribution in [0.3, 0.4) is 0 Å². The average molecular weight is 267 g/mol. The van der Waals surface area contributed by atoms with Crippen LogP contribution >= 0.6 is 0 Å². The minimum absolute atomic E-state index is 0.857. The van der Waals surface area contributed by atoms with Crippen LogP contribution in [0.4, 0.5) is 0 Å². The molecule has 3 aromatic rings. The van der Waals surface area contributed by atoms with E-state index >= 15 is 0 Å². The Balaban J connectivity index is 1.56. The van der Waals surface area contributed by atoms with Crippen LogP contribution in [0.1, 0.15) is 11.4 Å². The second-order valence-corrected chi connectivity index (χ2v) is 4.84. The summed E-state index contributed by atoms with van der Waals surface area (Å²) in [6.45, 7) is 1.75. The predicted octanol–water partition coefficient (Wildman–Crippen LogP) is 1.70. The molecule has 3 rings (SSSR count). The molecule has 0 fully saturated rings. The van der Waals surface area contributed by atoms with Gasteiger partial charge in [-0.15, -0.1) is 10.2 Å². The van der Waals surface area contributed by atoms with Crippen LogP contribution in [0.5, 0.6) is 0 Å². The molecule has 0 amide bonds. The summed E-state index contributed by atoms with van der Waals surface area (Å²) in [4.78, 5) is 4.12. The van der Waals surface area contributed by atoms with Gasteiger partial charge >= 0.3 is 0 Å². The number of rotatable bonds is 5. The number of fused-ring (bicyclic) bond motifs is 1. The Labute approximate surface area is 117 Å². The van der Waals surface area contributed by atoms with Crippen molar-refractivity contribution in [2.24, 2.45) is 7.05 Å². The van der Waals surface area contributed by atoms with Crippen LogP contribution in [0.15, 0.2) is 43.0 Å². The van der Waals surface area contributed by atoms with Gasteiger partial charge in [0.1, 0.15) is 12.2 Å². The third-order valence-electron chi connectivity index (χ3n) is 3.36. The van der Waals surface area contributed by atoms with Crippen molar-refractivity contribution >= 4 is 10.8 Å². The zero-order valence-corrected chi connectivity index (χ0v) is 11.5. The largest absolute Gasteiger partial charge is 0.321 e. The zero-order chi connectivity index (χ0) is 13.8. The molecule has 5 heteroatoms. The van der Waals surface area contributed by atoms with Gasteiger partial charge in [0.25, 0.3) is 0 Å². The summed E-state index contributed by atoms with van der Waals surface area (Å²) in [6.07, 6.45) is 6.33. The number of nitrogens with zero attached hydrogens (tertiary/aromatic N) is 4. The summed E-state index contributed by atoms with van der Waals surface area (Å²) in [5.41, 5.74) is 1.28. The number of nitrogens with one attached hydrogen (secondary N) is 1. The Hall–Kier alpha value is -2.27. The first-order valence-electron chi connectivity index (χ1n) is 6.69. The molecular weight excluding hydrogens is 250 g/mol. The van der Waals surface area contributed by atoms with Crippen LogP contribution in [-0.4, -0.2) is 26.3 Å². The van der Waals surface area contributed by atoms with Gasteiger partial charge < -0.3 is 9.88 Å². The molecule has 0 atom stereocenters. The lowest BCUT2D eigenvalue weighted by Gasteiger charge is -2.06. The van der Waals surface area contributed by atoms with E-state index in [-0.39, 0.29) is 0 Å². The van der Waals surface area contributed by atoms with Crippen molar-refractivity contribution in [2.75, 3.05) is 6.54 Å². The zero-order valence-electron chi connectivity index (χ0n) is 11.5. The van der Waals surface area contributed by atoms with Gasteiger partial charge in [0, 0.05) is 44.3 Å². The molecule has 0 aliphatic heterocycles. The first-order chi connectivity index (χ1) is 9.83. The van der Waals surface area contributed by atoms with Gasteiger partial charge in [0.15, 0.2) is 0 Å². The molecular formula is C15H17N5. The molecule has 0 bridgehead atoms. The standard InChI is InChI=1S/C15H17N5/c1-20-11-18-19-15(20)5-7-16-9-12-2-3-14-10-17-6-4-13(14)8-12/h2-4,6,8,10-11,16H,5,7,9H2,1H3. The molecule has 0 spiro atoms. The first kappa shape index (κ1) is 12.7. The quantitative estimate of drug-likeness (QED) is 0.715. The lowest BCUT2D eigenvalue weighted by molar-refractivity contribution is 0.654. The van der Waals surface area contributed by atoms with E-state index in [0.717, 1.165) is 25.3 Å². The number of pyridine rings is 1. The Bertz CT molecular complexity index is 704. The highest BCUT2D eigenvalue weighted by Crippen LogP contribution is 2.14. The SMILES string of the molecule is Cn1cnnc1CCNCc1ccc2cnccc2c1. The van der Waals surface area contributed by atoms with Crippen molar-refractivity contribution < 1.29 is 0 Å². The normalized spacial score (nSPS) is 11.1. The third kappa shape index (κ3) is 2.83. The van der Waals surface area contributed by atoms with Gasteiger partial charge in [-0.2, -0.15) is 0 Å². The fourth-order valence-corrected chi connectivity index (χ4v) is 2.21. The lowest BCUT2D eigenvalue weighted by Crippen LogP contribution is -2.18. The second kappa shape index (κ2) is 5.79. The average Bonchev–Trinajstić information content (AvgIpc) is 2.89. The van der Waals surface area contributed by atoms with Crippen molar-refractivity contribution in [1.29, 1.82) is 0 Å². The van der Waals surface area contributed by atoms with Crippen molar-refractivity contribution in [3.8, 4) is 0 Å². The van der Waals surface area contributed by atoms with Gasteiger partial charge in [-0.3, -0.25) is 4.98 Å². The summed E-state index contributed by atoms with van der Waals surface area (Å²) < 4.78 is 1.95. The summed E-state index contributed by atoms with van der Waals surface area (Å²) in [5, 5.41) is 13.8. The molecule has 102 valence electrons. The van der Waals surface area contributed by atoms with Gasteiger partial charge in [-0.05, 0) is 23.1 Å². The molecule has 2 aromatic heterocycles. The molecule has 0 aliphatic rings. The van der Waals surface area contributed by atoms with Gasteiger partial charge in [0.05, 0.1) is 0 Å². The molecule has 0 unspecified atom stereocenters. The number of aryl methyl sites for hydroxylation is 1. The summed E-state index contributed by atoms with van der Waals surface area (Å²) in [5.74, 6) is 1.00. The molecule has 20 heavy (non-hydrogen) atoms. The van der Waals surface area contributed by atoms with E-state index < -0.39 is 0 Å². The molecule has 2 heterocycles. The summed E-state index contributed by atoms with van der Waals surface area (Å²) >= 11 is 0. The van der Waals surface area contributed by atoms with Crippen molar-refractivity contribution in [2.45, 2.75) is 13.0 Å². The highest BCUT2D eigenvalue weighted by Gasteiger charge is 2.00. The van der Waals surface area contributed by atoms with E-state index in [9.17, 15) is 0 Å². The fourth-order valence-electron chi connectivity index (χ4n) is 2.21. The smallest absolute Gasteiger partial charge is 0.133 e. The van der Waals surface area contributed by atoms with Crippen LogP contribution in [0, 0.1) is 0 Å². The number of hydrogen-bond donors (Lipinski definition) is 1.